The molecule has 0 bridgehead atoms. The number of carbonyl (C=O) groups excluding carboxylic acids is 1. The van der Waals surface area contributed by atoms with Gasteiger partial charge in [-0.1, -0.05) is 31.7 Å². The first-order valence-electron chi connectivity index (χ1n) is 7.86. The van der Waals surface area contributed by atoms with Gasteiger partial charge in [-0.25, -0.2) is 4.98 Å². The SMILES string of the molecule is O=C(NC1CCCCCC1)c1cccc(NC2CC2)n1. The summed E-state index contributed by atoms with van der Waals surface area (Å²) in [5.74, 6) is 0.789. The van der Waals surface area contributed by atoms with Crippen molar-refractivity contribution in [2.45, 2.75) is 63.5 Å². The Morgan fingerprint density at radius 1 is 1.00 bits per heavy atom. The monoisotopic (exact) mass is 273 g/mol. The zero-order chi connectivity index (χ0) is 13.8. The number of nitrogens with one attached hydrogen (secondary N) is 2. The molecular weight excluding hydrogens is 250 g/mol. The number of hydrogen-bond donors (Lipinski definition) is 2. The topological polar surface area (TPSA) is 54.0 Å². The van der Waals surface area contributed by atoms with Gasteiger partial charge in [0.25, 0.3) is 5.91 Å². The van der Waals surface area contributed by atoms with Crippen LogP contribution in [0, 0.1) is 0 Å². The van der Waals surface area contributed by atoms with Crippen LogP contribution in [0.5, 0.6) is 0 Å². The van der Waals surface area contributed by atoms with Gasteiger partial charge < -0.3 is 10.6 Å². The summed E-state index contributed by atoms with van der Waals surface area (Å²) < 4.78 is 0. The molecule has 0 spiro atoms. The lowest BCUT2D eigenvalue weighted by atomic mass is 10.1. The average Bonchev–Trinajstić information content (AvgIpc) is 3.27. The largest absolute Gasteiger partial charge is 0.367 e. The first-order chi connectivity index (χ1) is 9.81. The van der Waals surface area contributed by atoms with Gasteiger partial charge in [-0.15, -0.1) is 0 Å². The summed E-state index contributed by atoms with van der Waals surface area (Å²) in [5, 5.41) is 6.48. The van der Waals surface area contributed by atoms with Crippen molar-refractivity contribution in [1.29, 1.82) is 0 Å². The molecular formula is C16H23N3O. The van der Waals surface area contributed by atoms with E-state index in [1.165, 1.54) is 38.5 Å². The van der Waals surface area contributed by atoms with Crippen molar-refractivity contribution in [1.82, 2.24) is 10.3 Å². The molecule has 0 radical (unpaired) electrons. The molecule has 0 aliphatic heterocycles. The second-order valence-corrected chi connectivity index (χ2v) is 5.99. The number of hydrogen-bond acceptors (Lipinski definition) is 3. The zero-order valence-corrected chi connectivity index (χ0v) is 11.9. The van der Waals surface area contributed by atoms with Crippen LogP contribution in [-0.4, -0.2) is 23.0 Å². The van der Waals surface area contributed by atoms with Crippen molar-refractivity contribution >= 4 is 11.7 Å². The van der Waals surface area contributed by atoms with E-state index in [4.69, 9.17) is 0 Å². The molecule has 2 fully saturated rings. The van der Waals surface area contributed by atoms with Crippen LogP contribution in [0.4, 0.5) is 5.82 Å². The van der Waals surface area contributed by atoms with Crippen LogP contribution < -0.4 is 10.6 Å². The third-order valence-electron chi connectivity index (χ3n) is 4.10. The number of amides is 1. The second kappa shape index (κ2) is 6.25. The maximum atomic E-state index is 12.3. The molecule has 0 atom stereocenters. The van der Waals surface area contributed by atoms with E-state index in [2.05, 4.69) is 15.6 Å². The molecule has 0 aromatic carbocycles. The summed E-state index contributed by atoms with van der Waals surface area (Å²) >= 11 is 0. The summed E-state index contributed by atoms with van der Waals surface area (Å²) in [7, 11) is 0. The third-order valence-corrected chi connectivity index (χ3v) is 4.10. The minimum atomic E-state index is -0.0312. The Morgan fingerprint density at radius 3 is 2.45 bits per heavy atom. The van der Waals surface area contributed by atoms with Crippen molar-refractivity contribution in [3.05, 3.63) is 23.9 Å². The molecule has 2 aliphatic rings. The van der Waals surface area contributed by atoms with E-state index >= 15 is 0 Å². The second-order valence-electron chi connectivity index (χ2n) is 5.99. The standard InChI is InChI=1S/C16H23N3O/c20-16(18-12-6-3-1-2-4-7-12)14-8-5-9-15(19-14)17-13-10-11-13/h5,8-9,12-13H,1-4,6-7,10-11H2,(H,17,19)(H,18,20). The van der Waals surface area contributed by atoms with E-state index in [1.807, 2.05) is 12.1 Å². The Hall–Kier alpha value is -1.58. The van der Waals surface area contributed by atoms with E-state index in [0.717, 1.165) is 18.7 Å². The molecule has 1 heterocycles. The van der Waals surface area contributed by atoms with E-state index in [0.29, 0.717) is 17.8 Å². The average molecular weight is 273 g/mol. The van der Waals surface area contributed by atoms with Gasteiger partial charge in [0.1, 0.15) is 11.5 Å². The van der Waals surface area contributed by atoms with Gasteiger partial charge in [0.2, 0.25) is 0 Å². The van der Waals surface area contributed by atoms with E-state index in [1.54, 1.807) is 6.07 Å². The summed E-state index contributed by atoms with van der Waals surface area (Å²) in [6.45, 7) is 0. The lowest BCUT2D eigenvalue weighted by Gasteiger charge is -2.16. The van der Waals surface area contributed by atoms with Gasteiger partial charge in [0, 0.05) is 12.1 Å². The first-order valence-corrected chi connectivity index (χ1v) is 7.86. The fourth-order valence-electron chi connectivity index (χ4n) is 2.76. The minimum Gasteiger partial charge on any atom is -0.367 e. The van der Waals surface area contributed by atoms with Crippen molar-refractivity contribution in [2.24, 2.45) is 0 Å². The van der Waals surface area contributed by atoms with E-state index in [9.17, 15) is 4.79 Å². The van der Waals surface area contributed by atoms with E-state index < -0.39 is 0 Å². The maximum Gasteiger partial charge on any atom is 0.270 e. The van der Waals surface area contributed by atoms with Crippen LogP contribution >= 0.6 is 0 Å². The smallest absolute Gasteiger partial charge is 0.270 e. The first kappa shape index (κ1) is 13.4. The molecule has 1 aromatic heterocycles. The fourth-order valence-corrected chi connectivity index (χ4v) is 2.76. The van der Waals surface area contributed by atoms with Gasteiger partial charge in [-0.05, 0) is 37.8 Å². The zero-order valence-electron chi connectivity index (χ0n) is 11.9. The number of carbonyl (C=O) groups is 1. The predicted octanol–water partition coefficient (Wildman–Crippen LogP) is 3.11. The molecule has 2 saturated carbocycles. The predicted molar refractivity (Wildman–Crippen MR) is 79.8 cm³/mol. The molecule has 1 aromatic rings. The quantitative estimate of drug-likeness (QED) is 0.829. The Labute approximate surface area is 120 Å². The number of anilines is 1. The highest BCUT2D eigenvalue weighted by molar-refractivity contribution is 5.92. The van der Waals surface area contributed by atoms with Gasteiger partial charge in [-0.3, -0.25) is 4.79 Å². The number of aromatic nitrogens is 1. The van der Waals surface area contributed by atoms with E-state index in [-0.39, 0.29) is 5.91 Å². The van der Waals surface area contributed by atoms with Gasteiger partial charge in [-0.2, -0.15) is 0 Å². The highest BCUT2D eigenvalue weighted by Gasteiger charge is 2.22. The van der Waals surface area contributed by atoms with Crippen LogP contribution in [0.1, 0.15) is 61.9 Å². The molecule has 20 heavy (non-hydrogen) atoms. The van der Waals surface area contributed by atoms with Crippen molar-refractivity contribution in [3.8, 4) is 0 Å². The molecule has 108 valence electrons. The molecule has 1 amide bonds. The molecule has 0 unspecified atom stereocenters. The van der Waals surface area contributed by atoms with Gasteiger partial charge >= 0.3 is 0 Å². The van der Waals surface area contributed by atoms with Crippen LogP contribution in [0.25, 0.3) is 0 Å². The van der Waals surface area contributed by atoms with Crippen LogP contribution in [0.2, 0.25) is 0 Å². The lowest BCUT2D eigenvalue weighted by molar-refractivity contribution is 0.0928. The maximum absolute atomic E-state index is 12.3. The highest BCUT2D eigenvalue weighted by Crippen LogP contribution is 2.23. The van der Waals surface area contributed by atoms with Crippen molar-refractivity contribution in [3.63, 3.8) is 0 Å². The Kier molecular flexibility index (Phi) is 4.19. The van der Waals surface area contributed by atoms with Gasteiger partial charge in [0.05, 0.1) is 0 Å². The minimum absolute atomic E-state index is 0.0312. The van der Waals surface area contributed by atoms with Crippen molar-refractivity contribution in [2.75, 3.05) is 5.32 Å². The number of nitrogens with zero attached hydrogens (tertiary/aromatic N) is 1. The summed E-state index contributed by atoms with van der Waals surface area (Å²) in [4.78, 5) is 16.7. The molecule has 0 saturated heterocycles. The summed E-state index contributed by atoms with van der Waals surface area (Å²) in [6, 6.07) is 6.51. The summed E-state index contributed by atoms with van der Waals surface area (Å²) in [5.41, 5.74) is 0.528. The summed E-state index contributed by atoms with van der Waals surface area (Å²) in [6.07, 6.45) is 9.66. The Bertz CT molecular complexity index is 463. The number of rotatable bonds is 4. The Morgan fingerprint density at radius 2 is 1.75 bits per heavy atom. The fraction of sp³-hybridized carbons (Fsp3) is 0.625. The third kappa shape index (κ3) is 3.71. The van der Waals surface area contributed by atoms with Gasteiger partial charge in [0.15, 0.2) is 0 Å². The van der Waals surface area contributed by atoms with Crippen LogP contribution in [-0.2, 0) is 0 Å². The molecule has 2 aliphatic carbocycles. The molecule has 3 rings (SSSR count). The van der Waals surface area contributed by atoms with Crippen LogP contribution in [0.3, 0.4) is 0 Å². The normalized spacial score (nSPS) is 20.2. The number of pyridine rings is 1. The highest BCUT2D eigenvalue weighted by atomic mass is 16.1. The van der Waals surface area contributed by atoms with Crippen LogP contribution in [0.15, 0.2) is 18.2 Å². The lowest BCUT2D eigenvalue weighted by Crippen LogP contribution is -2.34. The van der Waals surface area contributed by atoms with Crippen molar-refractivity contribution < 1.29 is 4.79 Å². The molecule has 4 nitrogen and oxygen atoms in total. The Balaban J connectivity index is 1.60. The molecule has 4 heteroatoms. The molecule has 2 N–H and O–H groups in total.